The van der Waals surface area contributed by atoms with Crippen LogP contribution in [0.15, 0.2) is 0 Å². The first kappa shape index (κ1) is 1780. The molecule has 0 aliphatic heterocycles. The Balaban J connectivity index is 0. The summed E-state index contributed by atoms with van der Waals surface area (Å²) in [6.07, 6.45) is 0. The first-order chi connectivity index (χ1) is 0. The van der Waals surface area contributed by atoms with Crippen molar-refractivity contribution in [1.82, 2.24) is 0 Å². The molecule has 0 atom stereocenters. The van der Waals surface area contributed by atoms with Crippen molar-refractivity contribution < 1.29 is 473 Å². The molecule has 0 aliphatic carbocycles. The van der Waals surface area contributed by atoms with E-state index in [0.29, 0.717) is 0 Å². The monoisotopic (exact) mass is 3040 g/mol. The molecular weight excluding hydrogens is 2960 g/mol. The summed E-state index contributed by atoms with van der Waals surface area (Å²) in [6.45, 7) is 0. The third-order valence-electron chi connectivity index (χ3n) is 0. The van der Waals surface area contributed by atoms with Gasteiger partial charge in [0.05, 0.1) is 0 Å². The molecule has 0 saturated heterocycles. The van der Waals surface area contributed by atoms with Crippen LogP contribution in [0.3, 0.4) is 0 Å². The Labute approximate surface area is 722 Å². The molecule has 0 rings (SSSR count). The molecule has 0 unspecified atom stereocenters. The minimum Gasteiger partial charge on any atom is -0.412 e. The Morgan fingerprint density at radius 1 is 0.0847 bits per heavy atom. The second-order valence-electron chi connectivity index (χ2n) is 0. The molecule has 0 aromatic rings. The summed E-state index contributed by atoms with van der Waals surface area (Å²) in [5.74, 6) is 0. The first-order valence-electron chi connectivity index (χ1n) is 0. The van der Waals surface area contributed by atoms with Crippen LogP contribution in [0.5, 0.6) is 0 Å². The molecule has 0 spiro atoms. The van der Waals surface area contributed by atoms with Crippen molar-refractivity contribution in [2.45, 2.75) is 0 Å². The average Bonchev–Trinajstić information content (AvgIpc) is 0. The van der Waals surface area contributed by atoms with E-state index < -0.39 is 0 Å². The Bertz CT molecular complexity index is 77.8. The molecule has 10 radical (unpaired) electrons. The topological polar surface area (TPSA) is 1290 Å². The van der Waals surface area contributed by atoms with Crippen LogP contribution < -0.4 is 0 Å². The number of hydrogen-bond acceptors (Lipinski definition) is 0. The maximum absolute atomic E-state index is 0. The SMILES string of the molecule is O.O.O.O.O.O.O.O.O.O.O.O.O.O.O.O.O.O.O.O.O.O.O.O.O.O.O.O.O.O.O.O.O.O.O.O.O.O.O.O.O.[Co].[K].[K].[K].[K].[K].[Si].[W].[W].[W].[W].[W].[W].[W].[W].[W].[W].[W]. The van der Waals surface area contributed by atoms with Crippen LogP contribution in [-0.2, 0) is 248 Å². The van der Waals surface area contributed by atoms with Gasteiger partial charge in [0, 0.05) is 516 Å². The van der Waals surface area contributed by atoms with Crippen LogP contribution in [0, 0.1) is 0 Å². The average molecular weight is 3040 g/mol. The number of rotatable bonds is 0. The summed E-state index contributed by atoms with van der Waals surface area (Å²) in [6, 6.07) is 0. The van der Waals surface area contributed by atoms with Gasteiger partial charge in [0.1, 0.15) is 0 Å². The Hall–Kier alpha value is 14.8. The molecule has 0 aliphatic rings. The van der Waals surface area contributed by atoms with Gasteiger partial charge in [0.25, 0.3) is 0 Å². The van der Waals surface area contributed by atoms with Crippen molar-refractivity contribution in [1.29, 1.82) is 0 Å². The smallest absolute Gasteiger partial charge is 0 e. The fraction of sp³-hybridized carbons (Fsp3) is 0. The molecule has 0 aromatic heterocycles. The van der Waals surface area contributed by atoms with Crippen molar-refractivity contribution in [2.24, 2.45) is 0 Å². The van der Waals surface area contributed by atoms with Crippen LogP contribution in [-0.4, -0.2) is 492 Å². The second kappa shape index (κ2) is 1710. The van der Waals surface area contributed by atoms with Crippen LogP contribution >= 0.6 is 0 Å². The van der Waals surface area contributed by atoms with Gasteiger partial charge in [-0.3, -0.25) is 0 Å². The van der Waals surface area contributed by atoms with Crippen molar-refractivity contribution in [3.63, 3.8) is 0 Å². The molecule has 41 nitrogen and oxygen atoms in total. The Kier molecular flexibility index (Phi) is 51500. The van der Waals surface area contributed by atoms with E-state index in [1.54, 1.807) is 0 Å². The maximum atomic E-state index is 0. The van der Waals surface area contributed by atoms with E-state index in [2.05, 4.69) is 0 Å². The molecule has 59 heavy (non-hydrogen) atoms. The summed E-state index contributed by atoms with van der Waals surface area (Å²) in [4.78, 5) is 0. The predicted octanol–water partition coefficient (Wildman–Crippen LogP) is -36.1. The molecule has 0 saturated carbocycles. The van der Waals surface area contributed by atoms with E-state index in [0.717, 1.165) is 0 Å². The fourth-order valence-electron chi connectivity index (χ4n) is 0. The van der Waals surface area contributed by atoms with Gasteiger partial charge in [-0.2, -0.15) is 0 Å². The summed E-state index contributed by atoms with van der Waals surface area (Å²) in [7, 11) is 0. The van der Waals surface area contributed by atoms with Crippen LogP contribution in [0.1, 0.15) is 0 Å². The normalized spacial score (nSPS) is 0. The molecular formula is H82CoK5O41SiW11. The van der Waals surface area contributed by atoms with E-state index >= 15 is 0 Å². The largest absolute Gasteiger partial charge is 0.412 e. The summed E-state index contributed by atoms with van der Waals surface area (Å²) < 4.78 is 0. The van der Waals surface area contributed by atoms with Crippen LogP contribution in [0.25, 0.3) is 0 Å². The third-order valence-corrected chi connectivity index (χ3v) is 0. The van der Waals surface area contributed by atoms with E-state index in [1.807, 2.05) is 0 Å². The zero-order chi connectivity index (χ0) is 0. The van der Waals surface area contributed by atoms with Crippen molar-refractivity contribution >= 4 is 268 Å². The quantitative estimate of drug-likeness (QED) is 0.204. The number of hydrogen-bond donors (Lipinski definition) is 0. The maximum Gasteiger partial charge on any atom is 0 e. The third kappa shape index (κ3) is 1660. The predicted molar refractivity (Wildman–Crippen MR) is 183 cm³/mol. The van der Waals surface area contributed by atoms with Gasteiger partial charge in [-0.05, 0) is 0 Å². The minimum atomic E-state index is 0. The van der Waals surface area contributed by atoms with Gasteiger partial charge in [-0.25, -0.2) is 0 Å². The van der Waals surface area contributed by atoms with E-state index in [4.69, 9.17) is 0 Å². The Morgan fingerprint density at radius 2 is 0.0847 bits per heavy atom. The van der Waals surface area contributed by atoms with Crippen molar-refractivity contribution in [3.05, 3.63) is 0 Å². The van der Waals surface area contributed by atoms with Gasteiger partial charge < -0.3 is 225 Å². The van der Waals surface area contributed by atoms with Crippen molar-refractivity contribution in [3.8, 4) is 0 Å². The molecule has 59 heteroatoms. The van der Waals surface area contributed by atoms with Gasteiger partial charge in [0.15, 0.2) is 0 Å². The van der Waals surface area contributed by atoms with Gasteiger partial charge >= 0.3 is 0 Å². The standard InChI is InChI=1S/Co.5K.41H2O.Si.11W/h;;;;;;41*1H2;;;;;;;;;;;;. The van der Waals surface area contributed by atoms with E-state index in [-0.39, 0.29) is 741 Å². The van der Waals surface area contributed by atoms with Gasteiger partial charge in [0.2, 0.25) is 0 Å². The fourth-order valence-corrected chi connectivity index (χ4v) is 0. The molecule has 0 aromatic carbocycles. The molecule has 412 valence electrons. The van der Waals surface area contributed by atoms with Gasteiger partial charge in [-0.1, -0.05) is 0 Å². The molecule has 0 heterocycles. The van der Waals surface area contributed by atoms with Gasteiger partial charge in [-0.15, -0.1) is 0 Å². The minimum absolute atomic E-state index is 0. The second-order valence-corrected chi connectivity index (χ2v) is 0. The summed E-state index contributed by atoms with van der Waals surface area (Å²) >= 11 is 0. The molecule has 0 fully saturated rings. The summed E-state index contributed by atoms with van der Waals surface area (Å²) in [5.41, 5.74) is 0. The Morgan fingerprint density at radius 3 is 0.0847 bits per heavy atom. The zero-order valence-corrected chi connectivity index (χ0v) is 80.7. The molecule has 82 N–H and O–H groups in total. The first-order valence-corrected chi connectivity index (χ1v) is 0. The van der Waals surface area contributed by atoms with E-state index in [9.17, 15) is 0 Å². The van der Waals surface area contributed by atoms with E-state index in [1.165, 1.54) is 0 Å². The molecule has 0 bridgehead atoms. The zero-order valence-electron chi connectivity index (χ0n) is 30.8. The van der Waals surface area contributed by atoms with Crippen molar-refractivity contribution in [2.75, 3.05) is 0 Å². The summed E-state index contributed by atoms with van der Waals surface area (Å²) in [5, 5.41) is 0. The van der Waals surface area contributed by atoms with Crippen LogP contribution in [0.2, 0.25) is 0 Å². The molecule has 0 amide bonds. The van der Waals surface area contributed by atoms with Crippen LogP contribution in [0.4, 0.5) is 0 Å².